The first-order valence-electron chi connectivity index (χ1n) is 10.9. The quantitative estimate of drug-likeness (QED) is 0.526. The molecule has 9 nitrogen and oxygen atoms in total. The zero-order valence-corrected chi connectivity index (χ0v) is 19.5. The maximum absolute atomic E-state index is 12.7. The normalized spacial score (nSPS) is 18.7. The van der Waals surface area contributed by atoms with Crippen molar-refractivity contribution in [3.8, 4) is 0 Å². The second-order valence-corrected chi connectivity index (χ2v) is 9.09. The number of hydrogen-bond donors (Lipinski definition) is 2. The molecule has 1 fully saturated rings. The van der Waals surface area contributed by atoms with Gasteiger partial charge in [0.1, 0.15) is 0 Å². The van der Waals surface area contributed by atoms with Crippen molar-refractivity contribution in [2.24, 2.45) is 0 Å². The number of ether oxygens (including phenoxy) is 1. The third-order valence-corrected chi connectivity index (χ3v) is 6.02. The van der Waals surface area contributed by atoms with Gasteiger partial charge in [0.05, 0.1) is 24.2 Å². The van der Waals surface area contributed by atoms with Gasteiger partial charge in [-0.05, 0) is 32.0 Å². The molecule has 3 heterocycles. The number of carbonyl (C=O) groups excluding carboxylic acids is 2. The lowest BCUT2D eigenvalue weighted by atomic mass is 10.2. The third kappa shape index (κ3) is 6.70. The Kier molecular flexibility index (Phi) is 7.48. The lowest BCUT2D eigenvalue weighted by Gasteiger charge is -2.34. The van der Waals surface area contributed by atoms with E-state index in [9.17, 15) is 9.59 Å². The number of anilines is 2. The molecule has 1 aliphatic rings. The topological polar surface area (TPSA) is 101 Å². The Morgan fingerprint density at radius 1 is 1.21 bits per heavy atom. The average molecular weight is 469 g/mol. The van der Waals surface area contributed by atoms with Crippen molar-refractivity contribution in [3.63, 3.8) is 0 Å². The molecule has 2 unspecified atom stereocenters. The number of morpholine rings is 1. The molecule has 2 amide bonds. The molecular weight excluding hydrogens is 440 g/mol. The van der Waals surface area contributed by atoms with Crippen LogP contribution in [0.5, 0.6) is 0 Å². The highest BCUT2D eigenvalue weighted by atomic mass is 32.1. The van der Waals surface area contributed by atoms with Crippen LogP contribution in [-0.4, -0.2) is 56.5 Å². The second-order valence-electron chi connectivity index (χ2n) is 8.23. The average Bonchev–Trinajstić information content (AvgIpc) is 3.44. The van der Waals surface area contributed by atoms with E-state index < -0.39 is 0 Å². The van der Waals surface area contributed by atoms with Crippen LogP contribution in [0.3, 0.4) is 0 Å². The molecule has 1 saturated heterocycles. The summed E-state index contributed by atoms with van der Waals surface area (Å²) in [7, 11) is 0. The first-order chi connectivity index (χ1) is 15.9. The molecule has 4 rings (SSSR count). The number of aromatic nitrogens is 3. The van der Waals surface area contributed by atoms with Crippen molar-refractivity contribution in [1.29, 1.82) is 0 Å². The summed E-state index contributed by atoms with van der Waals surface area (Å²) in [6.45, 7) is 7.15. The summed E-state index contributed by atoms with van der Waals surface area (Å²) in [6, 6.07) is 6.88. The van der Waals surface area contributed by atoms with E-state index in [-0.39, 0.29) is 24.0 Å². The molecular formula is C23H28N6O3S. The van der Waals surface area contributed by atoms with E-state index in [4.69, 9.17) is 4.74 Å². The van der Waals surface area contributed by atoms with Crippen LogP contribution in [0.4, 0.5) is 10.8 Å². The van der Waals surface area contributed by atoms with Gasteiger partial charge in [-0.25, -0.2) is 9.97 Å². The fraction of sp³-hybridized carbons (Fsp3) is 0.391. The first-order valence-corrected chi connectivity index (χ1v) is 11.8. The predicted molar refractivity (Wildman–Crippen MR) is 127 cm³/mol. The van der Waals surface area contributed by atoms with Gasteiger partial charge in [0.2, 0.25) is 5.91 Å². The highest BCUT2D eigenvalue weighted by Gasteiger charge is 2.23. The molecule has 10 heteroatoms. The van der Waals surface area contributed by atoms with Gasteiger partial charge in [-0.2, -0.15) is 0 Å². The summed E-state index contributed by atoms with van der Waals surface area (Å²) >= 11 is 1.40. The van der Waals surface area contributed by atoms with E-state index in [1.165, 1.54) is 11.3 Å². The number of amides is 2. The lowest BCUT2D eigenvalue weighted by Crippen LogP contribution is -2.44. The van der Waals surface area contributed by atoms with Crippen LogP contribution in [-0.2, 0) is 22.6 Å². The summed E-state index contributed by atoms with van der Waals surface area (Å²) in [5.74, 6) is -0.392. The zero-order chi connectivity index (χ0) is 23.2. The fourth-order valence-electron chi connectivity index (χ4n) is 3.86. The van der Waals surface area contributed by atoms with Crippen molar-refractivity contribution in [2.75, 3.05) is 23.7 Å². The van der Waals surface area contributed by atoms with E-state index >= 15 is 0 Å². The van der Waals surface area contributed by atoms with Crippen molar-refractivity contribution in [3.05, 3.63) is 59.6 Å². The van der Waals surface area contributed by atoms with Gasteiger partial charge in [-0.1, -0.05) is 6.07 Å². The van der Waals surface area contributed by atoms with Crippen LogP contribution in [0.15, 0.2) is 48.4 Å². The molecule has 2 N–H and O–H groups in total. The van der Waals surface area contributed by atoms with Crippen LogP contribution in [0.2, 0.25) is 0 Å². The lowest BCUT2D eigenvalue weighted by molar-refractivity contribution is -0.116. The third-order valence-electron chi connectivity index (χ3n) is 5.22. The minimum atomic E-state index is -0.265. The number of nitrogens with zero attached hydrogens (tertiary/aromatic N) is 4. The standard InChI is InChI=1S/C23H28N6O3S/c1-16-11-29(12-17(2)32-16)13-20-14-33-23(26-20)27-22(31)18-4-3-5-19(10-18)25-21(30)6-8-28-9-7-24-15-28/h3-5,7,9-10,14-17H,6,8,11-13H2,1-2H3,(H,25,30)(H,26,27,31). The monoisotopic (exact) mass is 468 g/mol. The number of benzene rings is 1. The summed E-state index contributed by atoms with van der Waals surface area (Å²) < 4.78 is 7.62. The number of rotatable bonds is 8. The summed E-state index contributed by atoms with van der Waals surface area (Å²) in [5.41, 5.74) is 1.96. The fourth-order valence-corrected chi connectivity index (χ4v) is 4.56. The predicted octanol–water partition coefficient (Wildman–Crippen LogP) is 3.23. The molecule has 0 bridgehead atoms. The molecule has 2 atom stereocenters. The van der Waals surface area contributed by atoms with Gasteiger partial charge < -0.3 is 14.6 Å². The summed E-state index contributed by atoms with van der Waals surface area (Å²) in [4.78, 5) is 35.8. The van der Waals surface area contributed by atoms with Crippen LogP contribution in [0.1, 0.15) is 36.3 Å². The van der Waals surface area contributed by atoms with E-state index in [2.05, 4.69) is 39.3 Å². The summed E-state index contributed by atoms with van der Waals surface area (Å²) in [5, 5.41) is 8.22. The molecule has 2 aromatic heterocycles. The molecule has 174 valence electrons. The van der Waals surface area contributed by atoms with Gasteiger partial charge in [0, 0.05) is 61.6 Å². The number of nitrogens with one attached hydrogen (secondary N) is 2. The van der Waals surface area contributed by atoms with E-state index in [1.54, 1.807) is 36.8 Å². The highest BCUT2D eigenvalue weighted by Crippen LogP contribution is 2.20. The molecule has 0 saturated carbocycles. The molecule has 3 aromatic rings. The number of carbonyl (C=O) groups is 2. The molecule has 0 radical (unpaired) electrons. The van der Waals surface area contributed by atoms with Crippen molar-refractivity contribution >= 4 is 34.0 Å². The minimum Gasteiger partial charge on any atom is -0.373 e. The van der Waals surface area contributed by atoms with Crippen molar-refractivity contribution < 1.29 is 14.3 Å². The van der Waals surface area contributed by atoms with Gasteiger partial charge in [-0.3, -0.25) is 19.8 Å². The Labute approximate surface area is 196 Å². The first kappa shape index (κ1) is 23.1. The molecule has 1 aromatic carbocycles. The van der Waals surface area contributed by atoms with Crippen molar-refractivity contribution in [1.82, 2.24) is 19.4 Å². The maximum Gasteiger partial charge on any atom is 0.257 e. The Morgan fingerprint density at radius 3 is 2.79 bits per heavy atom. The largest absolute Gasteiger partial charge is 0.373 e. The Bertz CT molecular complexity index is 1070. The number of hydrogen-bond acceptors (Lipinski definition) is 7. The van der Waals surface area contributed by atoms with Crippen molar-refractivity contribution in [2.45, 2.75) is 45.6 Å². The molecule has 1 aliphatic heterocycles. The van der Waals surface area contributed by atoms with Gasteiger partial charge >= 0.3 is 0 Å². The molecule has 0 aliphatic carbocycles. The van der Waals surface area contributed by atoms with Gasteiger partial charge in [0.25, 0.3) is 5.91 Å². The van der Waals surface area contributed by atoms with E-state index in [0.717, 1.165) is 25.3 Å². The molecule has 33 heavy (non-hydrogen) atoms. The van der Waals surface area contributed by atoms with Crippen LogP contribution >= 0.6 is 11.3 Å². The van der Waals surface area contributed by atoms with E-state index in [0.29, 0.717) is 29.3 Å². The van der Waals surface area contributed by atoms with Gasteiger partial charge in [0.15, 0.2) is 5.13 Å². The van der Waals surface area contributed by atoms with E-state index in [1.807, 2.05) is 16.1 Å². The summed E-state index contributed by atoms with van der Waals surface area (Å²) in [6.07, 6.45) is 5.87. The molecule has 0 spiro atoms. The minimum absolute atomic E-state index is 0.127. The number of imidazole rings is 1. The van der Waals surface area contributed by atoms with Crippen LogP contribution in [0.25, 0.3) is 0 Å². The zero-order valence-electron chi connectivity index (χ0n) is 18.7. The highest BCUT2D eigenvalue weighted by molar-refractivity contribution is 7.14. The van der Waals surface area contributed by atoms with Crippen LogP contribution < -0.4 is 10.6 Å². The van der Waals surface area contributed by atoms with Gasteiger partial charge in [-0.15, -0.1) is 11.3 Å². The number of aryl methyl sites for hydroxylation is 1. The second kappa shape index (κ2) is 10.7. The SMILES string of the molecule is CC1CN(Cc2csc(NC(=O)c3cccc(NC(=O)CCn4ccnc4)c3)n2)CC(C)O1. The maximum atomic E-state index is 12.7. The Hall–Kier alpha value is -3.08. The smallest absolute Gasteiger partial charge is 0.257 e. The number of thiazole rings is 1. The Balaban J connectivity index is 1.30. The Morgan fingerprint density at radius 2 is 2.03 bits per heavy atom. The van der Waals surface area contributed by atoms with Crippen LogP contribution in [0, 0.1) is 0 Å².